The van der Waals surface area contributed by atoms with E-state index >= 15 is 0 Å². The van der Waals surface area contributed by atoms with Crippen LogP contribution in [0.3, 0.4) is 0 Å². The van der Waals surface area contributed by atoms with Crippen LogP contribution in [-0.2, 0) is 41.0 Å². The molecule has 3 atom stereocenters. The Kier molecular flexibility index (Phi) is 7.83. The number of sulfonamides is 1. The van der Waals surface area contributed by atoms with Crippen LogP contribution in [0.2, 0.25) is 0 Å². The average Bonchev–Trinajstić information content (AvgIpc) is 3.69. The van der Waals surface area contributed by atoms with E-state index in [9.17, 15) is 30.8 Å². The Morgan fingerprint density at radius 1 is 1.09 bits per heavy atom. The molecule has 230 valence electrons. The lowest BCUT2D eigenvalue weighted by Gasteiger charge is -2.29. The summed E-state index contributed by atoms with van der Waals surface area (Å²) in [5, 5.41) is 0. The van der Waals surface area contributed by atoms with E-state index in [1.807, 2.05) is 19.2 Å². The van der Waals surface area contributed by atoms with Crippen molar-refractivity contribution in [3.63, 3.8) is 0 Å². The van der Waals surface area contributed by atoms with Gasteiger partial charge in [0.25, 0.3) is 0 Å². The molecule has 6 rings (SSSR count). The summed E-state index contributed by atoms with van der Waals surface area (Å²) < 4.78 is 84.4. The van der Waals surface area contributed by atoms with Gasteiger partial charge in [0.2, 0.25) is 15.9 Å². The van der Waals surface area contributed by atoms with Crippen LogP contribution in [0.25, 0.3) is 0 Å². The number of halogens is 4. The zero-order chi connectivity index (χ0) is 31.2. The van der Waals surface area contributed by atoms with Crippen LogP contribution >= 0.6 is 0 Å². The first-order chi connectivity index (χ1) is 20.9. The van der Waals surface area contributed by atoms with E-state index in [0.29, 0.717) is 35.5 Å². The molecule has 2 aliphatic carbocycles. The number of rotatable bonds is 8. The van der Waals surface area contributed by atoms with Crippen molar-refractivity contribution < 1.29 is 30.8 Å². The Morgan fingerprint density at radius 3 is 2.52 bits per heavy atom. The minimum Gasteiger partial charge on any atom is -0.337 e. The van der Waals surface area contributed by atoms with Crippen molar-refractivity contribution in [3.05, 3.63) is 113 Å². The molecule has 1 fully saturated rings. The van der Waals surface area contributed by atoms with Gasteiger partial charge in [0.05, 0.1) is 12.1 Å². The number of hydrogen-bond acceptors (Lipinski definition) is 4. The first kappa shape index (κ1) is 30.0. The Hall–Kier alpha value is -4.03. The third-order valence-corrected chi connectivity index (χ3v) is 9.94. The zero-order valence-corrected chi connectivity index (χ0v) is 24.6. The van der Waals surface area contributed by atoms with E-state index in [4.69, 9.17) is 0 Å². The van der Waals surface area contributed by atoms with E-state index in [0.717, 1.165) is 36.6 Å². The summed E-state index contributed by atoms with van der Waals surface area (Å²) in [7, 11) is -2.36. The van der Waals surface area contributed by atoms with Crippen molar-refractivity contribution in [2.24, 2.45) is 13.0 Å². The van der Waals surface area contributed by atoms with E-state index in [2.05, 4.69) is 9.71 Å². The lowest BCUT2D eigenvalue weighted by atomic mass is 9.87. The summed E-state index contributed by atoms with van der Waals surface area (Å²) in [5.41, 5.74) is 2.12. The molecule has 1 aromatic heterocycles. The summed E-state index contributed by atoms with van der Waals surface area (Å²) in [6.07, 6.45) is 1.39. The third kappa shape index (κ3) is 6.00. The van der Waals surface area contributed by atoms with Crippen LogP contribution in [0.1, 0.15) is 59.3 Å². The number of fused-ring (bicyclic) bond motifs is 1. The fourth-order valence-corrected chi connectivity index (χ4v) is 7.26. The van der Waals surface area contributed by atoms with Crippen LogP contribution < -0.4 is 9.62 Å². The molecular weight excluding hydrogens is 596 g/mol. The molecule has 0 aliphatic heterocycles. The van der Waals surface area contributed by atoms with E-state index in [1.165, 1.54) is 30.3 Å². The second-order valence-electron chi connectivity index (χ2n) is 11.3. The topological polar surface area (TPSA) is 84.3 Å². The standard InChI is InChI=1S/C32H30F4N4O3S/c1-39-16-15-37-30(39)19-40(31(41)26-18-24(26)21-9-12-22(13-10-21)32(34,35)36)23-14-11-20-5-4-7-28(25(20)17-23)38-44(42,43)29-8-3-2-6-27(29)33/h2-3,6,8-17,24,26,28,38H,4-5,7,18-19H2,1H3/t24-,26+,28-/m0/s1. The number of carbonyl (C=O) groups is 1. The van der Waals surface area contributed by atoms with Crippen molar-refractivity contribution in [2.75, 3.05) is 4.90 Å². The fourth-order valence-electron chi connectivity index (χ4n) is 5.93. The highest BCUT2D eigenvalue weighted by molar-refractivity contribution is 7.89. The van der Waals surface area contributed by atoms with E-state index in [1.54, 1.807) is 27.9 Å². The summed E-state index contributed by atoms with van der Waals surface area (Å²) in [6, 6.07) is 15.0. The lowest BCUT2D eigenvalue weighted by molar-refractivity contribution is -0.137. The first-order valence-electron chi connectivity index (χ1n) is 14.3. The second kappa shape index (κ2) is 11.5. The predicted molar refractivity (Wildman–Crippen MR) is 156 cm³/mol. The smallest absolute Gasteiger partial charge is 0.337 e. The van der Waals surface area contributed by atoms with E-state index < -0.39 is 44.4 Å². The van der Waals surface area contributed by atoms with Crippen molar-refractivity contribution in [3.8, 4) is 0 Å². The Labute approximate surface area is 252 Å². The highest BCUT2D eigenvalue weighted by Crippen LogP contribution is 2.49. The number of alkyl halides is 3. The number of benzene rings is 3. The van der Waals surface area contributed by atoms with Crippen molar-refractivity contribution in [2.45, 2.75) is 55.3 Å². The molecule has 44 heavy (non-hydrogen) atoms. The average molecular weight is 627 g/mol. The van der Waals surface area contributed by atoms with E-state index in [-0.39, 0.29) is 18.4 Å². The molecule has 1 heterocycles. The van der Waals surface area contributed by atoms with Gasteiger partial charge in [-0.15, -0.1) is 0 Å². The molecule has 1 amide bonds. The van der Waals surface area contributed by atoms with Gasteiger partial charge in [-0.3, -0.25) is 4.79 Å². The van der Waals surface area contributed by atoms with Crippen LogP contribution in [0.5, 0.6) is 0 Å². The number of anilines is 1. The maximum absolute atomic E-state index is 14.4. The van der Waals surface area contributed by atoms with Gasteiger partial charge in [-0.05, 0) is 84.7 Å². The number of carbonyl (C=O) groups excluding carboxylic acids is 1. The molecule has 4 aromatic rings. The quantitative estimate of drug-likeness (QED) is 0.234. The monoisotopic (exact) mass is 626 g/mol. The van der Waals surface area contributed by atoms with Gasteiger partial charge in [-0.1, -0.05) is 30.3 Å². The minimum atomic E-state index is -4.44. The van der Waals surface area contributed by atoms with Gasteiger partial charge < -0.3 is 9.47 Å². The number of nitrogens with zero attached hydrogens (tertiary/aromatic N) is 3. The Balaban J connectivity index is 1.30. The van der Waals surface area contributed by atoms with Gasteiger partial charge in [0.15, 0.2) is 0 Å². The SMILES string of the molecule is Cn1ccnc1CN(C(=O)[C@@H]1C[C@H]1c1ccc(C(F)(F)F)cc1)c1ccc2c(c1)[C@@H](NS(=O)(=O)c1ccccc1F)CCC2. The second-order valence-corrected chi connectivity index (χ2v) is 13.0. The maximum Gasteiger partial charge on any atom is 0.416 e. The molecule has 1 saturated carbocycles. The predicted octanol–water partition coefficient (Wildman–Crippen LogP) is 6.27. The maximum atomic E-state index is 14.4. The van der Waals surface area contributed by atoms with Gasteiger partial charge in [-0.25, -0.2) is 22.5 Å². The molecule has 1 N–H and O–H groups in total. The largest absolute Gasteiger partial charge is 0.416 e. The Morgan fingerprint density at radius 2 is 1.84 bits per heavy atom. The lowest BCUT2D eigenvalue weighted by Crippen LogP contribution is -2.34. The summed E-state index contributed by atoms with van der Waals surface area (Å²) in [4.78, 5) is 19.6. The van der Waals surface area contributed by atoms with Crippen LogP contribution in [-0.4, -0.2) is 23.9 Å². The summed E-state index contributed by atoms with van der Waals surface area (Å²) in [5.74, 6) is -1.06. The molecule has 0 bridgehead atoms. The van der Waals surface area contributed by atoms with Gasteiger partial charge in [0, 0.05) is 37.1 Å². The van der Waals surface area contributed by atoms with Gasteiger partial charge in [-0.2, -0.15) is 13.2 Å². The molecule has 0 unspecified atom stereocenters. The normalized spacial score (nSPS) is 19.8. The first-order valence-corrected chi connectivity index (χ1v) is 15.7. The third-order valence-electron chi connectivity index (χ3n) is 8.44. The molecule has 2 aliphatic rings. The van der Waals surface area contributed by atoms with Gasteiger partial charge >= 0.3 is 6.18 Å². The molecule has 0 spiro atoms. The fraction of sp³-hybridized carbons (Fsp3) is 0.312. The molecular formula is C32H30F4N4O3S. The molecule has 0 saturated heterocycles. The van der Waals surface area contributed by atoms with Crippen LogP contribution in [0.4, 0.5) is 23.2 Å². The number of aromatic nitrogens is 2. The highest BCUT2D eigenvalue weighted by atomic mass is 32.2. The molecule has 7 nitrogen and oxygen atoms in total. The molecule has 0 radical (unpaired) electrons. The number of nitrogens with one attached hydrogen (secondary N) is 1. The summed E-state index contributed by atoms with van der Waals surface area (Å²) >= 11 is 0. The minimum absolute atomic E-state index is 0.142. The van der Waals surface area contributed by atoms with Crippen LogP contribution in [0, 0.1) is 11.7 Å². The van der Waals surface area contributed by atoms with Crippen molar-refractivity contribution in [1.82, 2.24) is 14.3 Å². The summed E-state index contributed by atoms with van der Waals surface area (Å²) in [6.45, 7) is 0.142. The molecule has 3 aromatic carbocycles. The highest BCUT2D eigenvalue weighted by Gasteiger charge is 2.46. The Bertz CT molecular complexity index is 1800. The van der Waals surface area contributed by atoms with Crippen molar-refractivity contribution in [1.29, 1.82) is 0 Å². The number of imidazole rings is 1. The molecule has 12 heteroatoms. The van der Waals surface area contributed by atoms with Crippen LogP contribution in [0.15, 0.2) is 84.0 Å². The number of aryl methyl sites for hydroxylation is 2. The number of hydrogen-bond donors (Lipinski definition) is 1. The van der Waals surface area contributed by atoms with Crippen molar-refractivity contribution >= 4 is 21.6 Å². The zero-order valence-electron chi connectivity index (χ0n) is 23.8. The number of amides is 1. The van der Waals surface area contributed by atoms with Gasteiger partial charge in [0.1, 0.15) is 16.5 Å².